The van der Waals surface area contributed by atoms with Crippen molar-refractivity contribution >= 4 is 5.97 Å². The number of aliphatic hydroxyl groups is 1. The summed E-state index contributed by atoms with van der Waals surface area (Å²) in [6.07, 6.45) is 2.35. The molecule has 4 nitrogen and oxygen atoms in total. The maximum atomic E-state index is 13.0. The third-order valence-electron chi connectivity index (χ3n) is 5.25. The number of carbonyl (C=O) groups is 1. The van der Waals surface area contributed by atoms with Crippen LogP contribution in [-0.4, -0.2) is 16.2 Å². The molecule has 3 rings (SSSR count). The molecule has 0 radical (unpaired) electrons. The lowest BCUT2D eigenvalue weighted by Crippen LogP contribution is -2.39. The molecule has 0 amide bonds. The van der Waals surface area contributed by atoms with Crippen LogP contribution in [0.5, 0.6) is 5.75 Å². The van der Waals surface area contributed by atoms with Crippen LogP contribution in [0, 0.1) is 0 Å². The van der Waals surface area contributed by atoms with Crippen LogP contribution in [0.2, 0.25) is 0 Å². The summed E-state index contributed by atoms with van der Waals surface area (Å²) >= 11 is 0. The maximum Gasteiger partial charge on any atom is 0.338 e. The quantitative estimate of drug-likeness (QED) is 0.677. The van der Waals surface area contributed by atoms with E-state index in [1.54, 1.807) is 18.2 Å². The zero-order valence-electron chi connectivity index (χ0n) is 15.8. The molecule has 2 aromatic carbocycles. The zero-order valence-corrected chi connectivity index (χ0v) is 15.8. The number of aliphatic hydroxyl groups excluding tert-OH is 1. The first kappa shape index (κ1) is 19.0. The Balaban J connectivity index is 2.03. The summed E-state index contributed by atoms with van der Waals surface area (Å²) in [4.78, 5) is 13.0. The molecule has 0 aliphatic carbocycles. The van der Waals surface area contributed by atoms with Crippen molar-refractivity contribution in [2.45, 2.75) is 51.0 Å². The van der Waals surface area contributed by atoms with Gasteiger partial charge in [-0.1, -0.05) is 62.7 Å². The van der Waals surface area contributed by atoms with E-state index in [0.717, 1.165) is 17.5 Å². The number of aromatic hydroxyl groups is 1. The van der Waals surface area contributed by atoms with Crippen molar-refractivity contribution in [3.8, 4) is 5.75 Å². The number of hydrogen-bond donors (Lipinski definition) is 2. The van der Waals surface area contributed by atoms with E-state index in [0.29, 0.717) is 18.4 Å². The Morgan fingerprint density at radius 2 is 1.81 bits per heavy atom. The van der Waals surface area contributed by atoms with Crippen LogP contribution in [0.25, 0.3) is 0 Å². The third-order valence-corrected chi connectivity index (χ3v) is 5.25. The second-order valence-electron chi connectivity index (χ2n) is 7.09. The number of ether oxygens (including phenoxy) is 1. The normalized spacial score (nSPS) is 21.0. The van der Waals surface area contributed by atoms with E-state index in [1.807, 2.05) is 50.2 Å². The van der Waals surface area contributed by atoms with Crippen molar-refractivity contribution in [1.82, 2.24) is 0 Å². The lowest BCUT2D eigenvalue weighted by molar-refractivity contribution is -0.162. The summed E-state index contributed by atoms with van der Waals surface area (Å²) in [5, 5.41) is 20.7. The molecule has 4 heteroatoms. The first-order chi connectivity index (χ1) is 13.0. The molecule has 1 heterocycles. The molecule has 2 N–H and O–H groups in total. The van der Waals surface area contributed by atoms with Gasteiger partial charge in [-0.05, 0) is 36.1 Å². The van der Waals surface area contributed by atoms with Gasteiger partial charge < -0.3 is 14.9 Å². The van der Waals surface area contributed by atoms with Gasteiger partial charge in [0, 0.05) is 12.3 Å². The highest BCUT2D eigenvalue weighted by Crippen LogP contribution is 2.45. The zero-order chi connectivity index (χ0) is 19.4. The SMILES string of the molecule is CCCC1(c2ccccc2)CC(O)=C(C(CC)c2cccc(O)c2)C(=O)O1. The summed E-state index contributed by atoms with van der Waals surface area (Å²) in [7, 11) is 0. The van der Waals surface area contributed by atoms with Crippen molar-refractivity contribution in [3.63, 3.8) is 0 Å². The van der Waals surface area contributed by atoms with Gasteiger partial charge in [-0.2, -0.15) is 0 Å². The summed E-state index contributed by atoms with van der Waals surface area (Å²) < 4.78 is 6.00. The van der Waals surface area contributed by atoms with Crippen LogP contribution in [0.15, 0.2) is 65.9 Å². The highest BCUT2D eigenvalue weighted by Gasteiger charge is 2.44. The van der Waals surface area contributed by atoms with E-state index in [2.05, 4.69) is 0 Å². The molecule has 2 aromatic rings. The van der Waals surface area contributed by atoms with Crippen LogP contribution < -0.4 is 0 Å². The Hall–Kier alpha value is -2.75. The Kier molecular flexibility index (Phi) is 5.54. The Labute approximate surface area is 160 Å². The van der Waals surface area contributed by atoms with Gasteiger partial charge in [0.15, 0.2) is 0 Å². The van der Waals surface area contributed by atoms with Gasteiger partial charge in [-0.15, -0.1) is 0 Å². The van der Waals surface area contributed by atoms with Crippen LogP contribution in [0.1, 0.15) is 56.6 Å². The summed E-state index contributed by atoms with van der Waals surface area (Å²) in [5.74, 6) is -0.579. The van der Waals surface area contributed by atoms with Gasteiger partial charge in [0.1, 0.15) is 17.1 Å². The monoisotopic (exact) mass is 366 g/mol. The average Bonchev–Trinajstić information content (AvgIpc) is 2.65. The van der Waals surface area contributed by atoms with Crippen molar-refractivity contribution in [3.05, 3.63) is 77.1 Å². The largest absolute Gasteiger partial charge is 0.512 e. The minimum absolute atomic E-state index is 0.0822. The highest BCUT2D eigenvalue weighted by molar-refractivity contribution is 5.92. The molecule has 0 aromatic heterocycles. The standard InChI is InChI=1S/C23H26O4/c1-3-13-23(17-10-6-5-7-11-17)15-20(25)21(22(26)27-23)19(4-2)16-9-8-12-18(24)14-16/h5-12,14,19,24-25H,3-4,13,15H2,1-2H3. The van der Waals surface area contributed by atoms with Crippen molar-refractivity contribution < 1.29 is 19.7 Å². The highest BCUT2D eigenvalue weighted by atomic mass is 16.6. The number of carbonyl (C=O) groups excluding carboxylic acids is 1. The van der Waals surface area contributed by atoms with E-state index in [-0.39, 0.29) is 23.8 Å². The van der Waals surface area contributed by atoms with Crippen molar-refractivity contribution in [2.24, 2.45) is 0 Å². The van der Waals surface area contributed by atoms with E-state index in [1.165, 1.54) is 0 Å². The second kappa shape index (κ2) is 7.87. The minimum atomic E-state index is -0.836. The average molecular weight is 366 g/mol. The second-order valence-corrected chi connectivity index (χ2v) is 7.09. The molecule has 0 spiro atoms. The molecule has 2 atom stereocenters. The number of phenolic OH excluding ortho intramolecular Hbond substituents is 1. The fourth-order valence-electron chi connectivity index (χ4n) is 4.03. The van der Waals surface area contributed by atoms with Gasteiger partial charge in [0.2, 0.25) is 0 Å². The molecular weight excluding hydrogens is 340 g/mol. The Morgan fingerprint density at radius 1 is 1.07 bits per heavy atom. The number of hydrogen-bond acceptors (Lipinski definition) is 4. The predicted octanol–water partition coefficient (Wildman–Crippen LogP) is 5.34. The summed E-state index contributed by atoms with van der Waals surface area (Å²) in [6, 6.07) is 16.4. The van der Waals surface area contributed by atoms with Gasteiger partial charge >= 0.3 is 5.97 Å². The molecule has 0 fully saturated rings. The third kappa shape index (κ3) is 3.70. The first-order valence-electron chi connectivity index (χ1n) is 9.50. The van der Waals surface area contributed by atoms with Gasteiger partial charge in [-0.3, -0.25) is 0 Å². The van der Waals surface area contributed by atoms with E-state index in [4.69, 9.17) is 4.74 Å². The number of phenols is 1. The Bertz CT molecular complexity index is 840. The fourth-order valence-corrected chi connectivity index (χ4v) is 4.03. The van der Waals surface area contributed by atoms with Gasteiger partial charge in [0.05, 0.1) is 5.57 Å². The first-order valence-corrected chi connectivity index (χ1v) is 9.50. The number of esters is 1. The molecule has 142 valence electrons. The van der Waals surface area contributed by atoms with E-state index < -0.39 is 11.6 Å². The summed E-state index contributed by atoms with van der Waals surface area (Å²) in [5.41, 5.74) is 1.15. The number of rotatable bonds is 6. The smallest absolute Gasteiger partial charge is 0.338 e. The molecule has 27 heavy (non-hydrogen) atoms. The minimum Gasteiger partial charge on any atom is -0.512 e. The number of benzene rings is 2. The van der Waals surface area contributed by atoms with Crippen molar-refractivity contribution in [2.75, 3.05) is 0 Å². The fraction of sp³-hybridized carbons (Fsp3) is 0.348. The van der Waals surface area contributed by atoms with Crippen molar-refractivity contribution in [1.29, 1.82) is 0 Å². The topological polar surface area (TPSA) is 66.8 Å². The lowest BCUT2D eigenvalue weighted by Gasteiger charge is -2.39. The molecular formula is C23H26O4. The molecule has 1 aliphatic rings. The van der Waals surface area contributed by atoms with Crippen LogP contribution in [-0.2, 0) is 15.1 Å². The van der Waals surface area contributed by atoms with Gasteiger partial charge in [-0.25, -0.2) is 4.79 Å². The van der Waals surface area contributed by atoms with E-state index in [9.17, 15) is 15.0 Å². The van der Waals surface area contributed by atoms with Crippen LogP contribution >= 0.6 is 0 Å². The van der Waals surface area contributed by atoms with Crippen LogP contribution in [0.4, 0.5) is 0 Å². The molecule has 0 saturated heterocycles. The summed E-state index contributed by atoms with van der Waals surface area (Å²) in [6.45, 7) is 3.99. The van der Waals surface area contributed by atoms with Gasteiger partial charge in [0.25, 0.3) is 0 Å². The molecule has 0 saturated carbocycles. The maximum absolute atomic E-state index is 13.0. The van der Waals surface area contributed by atoms with Crippen LogP contribution in [0.3, 0.4) is 0 Å². The number of cyclic esters (lactones) is 1. The Morgan fingerprint density at radius 3 is 2.41 bits per heavy atom. The van der Waals surface area contributed by atoms with E-state index >= 15 is 0 Å². The molecule has 1 aliphatic heterocycles. The molecule has 2 unspecified atom stereocenters. The molecule has 0 bridgehead atoms. The lowest BCUT2D eigenvalue weighted by atomic mass is 9.79. The predicted molar refractivity (Wildman–Crippen MR) is 105 cm³/mol.